The van der Waals surface area contributed by atoms with E-state index in [0.717, 1.165) is 67.9 Å². The molecule has 1 N–H and O–H groups in total. The maximum Gasteiger partial charge on any atom is 0.205 e. The molecule has 0 bridgehead atoms. The number of aromatic amines is 1. The smallest absolute Gasteiger partial charge is 0.205 e. The molecule has 0 saturated heterocycles. The van der Waals surface area contributed by atoms with Gasteiger partial charge in [-0.05, 0) is 71.6 Å². The second kappa shape index (κ2) is 9.53. The normalized spacial score (nSPS) is 11.6. The Bertz CT molecular complexity index is 1950. The number of hydrogen-bond donors (Lipinski definition) is 1. The number of aromatic nitrogens is 9. The second-order valence-corrected chi connectivity index (χ2v) is 10.0. The van der Waals surface area contributed by atoms with E-state index < -0.39 is 0 Å². The molecule has 196 valence electrons. The third-order valence-electron chi connectivity index (χ3n) is 7.29. The summed E-state index contributed by atoms with van der Waals surface area (Å²) < 4.78 is 4.15. The summed E-state index contributed by atoms with van der Waals surface area (Å²) in [5.41, 5.74) is 10.1. The lowest BCUT2D eigenvalue weighted by Gasteiger charge is -2.12. The zero-order valence-electron chi connectivity index (χ0n) is 22.5. The molecule has 0 aliphatic carbocycles. The topological polar surface area (TPSA) is 103 Å². The number of imidazole rings is 1. The van der Waals surface area contributed by atoms with Gasteiger partial charge in [0.2, 0.25) is 5.82 Å². The van der Waals surface area contributed by atoms with Crippen LogP contribution in [0.3, 0.4) is 0 Å². The fraction of sp³-hybridized carbons (Fsp3) is 0.161. The van der Waals surface area contributed by atoms with Crippen LogP contribution in [0.25, 0.3) is 50.3 Å². The molecule has 9 heteroatoms. The Kier molecular flexibility index (Phi) is 5.70. The molecule has 0 fully saturated rings. The predicted octanol–water partition coefficient (Wildman–Crippen LogP) is 5.84. The molecule has 0 aliphatic rings. The van der Waals surface area contributed by atoms with Crippen LogP contribution in [-0.4, -0.2) is 44.9 Å². The molecule has 0 spiro atoms. The predicted molar refractivity (Wildman–Crippen MR) is 155 cm³/mol. The van der Waals surface area contributed by atoms with E-state index in [4.69, 9.17) is 15.1 Å². The lowest BCUT2D eigenvalue weighted by Crippen LogP contribution is -2.05. The molecule has 3 aromatic carbocycles. The fourth-order valence-corrected chi connectivity index (χ4v) is 5.34. The highest BCUT2D eigenvalue weighted by Gasteiger charge is 2.16. The zero-order valence-corrected chi connectivity index (χ0v) is 22.5. The molecule has 40 heavy (non-hydrogen) atoms. The summed E-state index contributed by atoms with van der Waals surface area (Å²) in [6, 6.07) is 25.0. The second-order valence-electron chi connectivity index (χ2n) is 10.0. The van der Waals surface area contributed by atoms with Crippen LogP contribution in [0.5, 0.6) is 0 Å². The number of fused-ring (bicyclic) bond motifs is 2. The van der Waals surface area contributed by atoms with Gasteiger partial charge >= 0.3 is 0 Å². The van der Waals surface area contributed by atoms with Gasteiger partial charge in [-0.1, -0.05) is 49.4 Å². The van der Waals surface area contributed by atoms with Crippen LogP contribution >= 0.6 is 0 Å². The number of benzene rings is 3. The van der Waals surface area contributed by atoms with Crippen molar-refractivity contribution in [1.82, 2.24) is 44.9 Å². The van der Waals surface area contributed by atoms with E-state index in [1.54, 1.807) is 0 Å². The number of nitrogens with one attached hydrogen (secondary N) is 1. The van der Waals surface area contributed by atoms with Crippen molar-refractivity contribution in [3.8, 4) is 28.2 Å². The SMILES string of the molecule is CCc1nc2c(C)cc(C)nc2n1Cc1ccc(-c2cc(-n3cc4ccccc4n3)ccc2-c2nn[nH]n2)cc1. The van der Waals surface area contributed by atoms with Gasteiger partial charge in [0.15, 0.2) is 5.65 Å². The van der Waals surface area contributed by atoms with Crippen LogP contribution in [0.15, 0.2) is 79.0 Å². The van der Waals surface area contributed by atoms with Gasteiger partial charge in [0.25, 0.3) is 0 Å². The van der Waals surface area contributed by atoms with E-state index in [-0.39, 0.29) is 0 Å². The van der Waals surface area contributed by atoms with Gasteiger partial charge < -0.3 is 4.57 Å². The van der Waals surface area contributed by atoms with Crippen LogP contribution in [0.2, 0.25) is 0 Å². The third-order valence-corrected chi connectivity index (χ3v) is 7.29. The number of rotatable bonds is 6. The first-order valence-electron chi connectivity index (χ1n) is 13.3. The maximum atomic E-state index is 4.90. The summed E-state index contributed by atoms with van der Waals surface area (Å²) >= 11 is 0. The molecule has 9 nitrogen and oxygen atoms in total. The highest BCUT2D eigenvalue weighted by atomic mass is 15.5. The number of H-pyrrole nitrogens is 1. The number of tetrazole rings is 1. The van der Waals surface area contributed by atoms with Crippen molar-refractivity contribution < 1.29 is 0 Å². The van der Waals surface area contributed by atoms with Gasteiger partial charge in [-0.25, -0.2) is 14.6 Å². The Morgan fingerprint density at radius 1 is 0.875 bits per heavy atom. The zero-order chi connectivity index (χ0) is 27.2. The van der Waals surface area contributed by atoms with Crippen molar-refractivity contribution in [2.75, 3.05) is 0 Å². The van der Waals surface area contributed by atoms with Gasteiger partial charge in [0, 0.05) is 29.3 Å². The van der Waals surface area contributed by atoms with E-state index in [2.05, 4.69) is 81.5 Å². The minimum Gasteiger partial charge on any atom is -0.308 e. The summed E-state index contributed by atoms with van der Waals surface area (Å²) in [6.07, 6.45) is 2.89. The number of nitrogens with zero attached hydrogens (tertiary/aromatic N) is 8. The van der Waals surface area contributed by atoms with E-state index in [9.17, 15) is 0 Å². The average Bonchev–Trinajstić information content (AvgIpc) is 3.73. The summed E-state index contributed by atoms with van der Waals surface area (Å²) in [5.74, 6) is 1.59. The summed E-state index contributed by atoms with van der Waals surface area (Å²) in [6.45, 7) is 6.97. The molecule has 7 rings (SSSR count). The molecule has 0 atom stereocenters. The van der Waals surface area contributed by atoms with Crippen LogP contribution in [0.4, 0.5) is 0 Å². The minimum atomic E-state index is 0.547. The van der Waals surface area contributed by atoms with Gasteiger partial charge in [0.1, 0.15) is 11.3 Å². The molecule has 0 saturated carbocycles. The Morgan fingerprint density at radius 2 is 1.73 bits per heavy atom. The van der Waals surface area contributed by atoms with E-state index >= 15 is 0 Å². The van der Waals surface area contributed by atoms with Crippen LogP contribution < -0.4 is 0 Å². The molecular weight excluding hydrogens is 498 g/mol. The van der Waals surface area contributed by atoms with Gasteiger partial charge in [-0.3, -0.25) is 0 Å². The average molecular weight is 526 g/mol. The number of pyridine rings is 1. The summed E-state index contributed by atoms with van der Waals surface area (Å²) in [4.78, 5) is 9.73. The summed E-state index contributed by atoms with van der Waals surface area (Å²) in [5, 5.41) is 20.7. The molecule has 0 unspecified atom stereocenters. The maximum absolute atomic E-state index is 4.90. The molecule has 7 aromatic rings. The minimum absolute atomic E-state index is 0.547. The number of aryl methyl sites for hydroxylation is 3. The fourth-order valence-electron chi connectivity index (χ4n) is 5.34. The number of hydrogen-bond acceptors (Lipinski definition) is 6. The standard InChI is InChI=1S/C31H27N9/c1-4-28-33-29-19(2)15-20(3)32-31(29)39(28)17-21-9-11-22(12-10-21)26-16-24(13-14-25(26)30-34-37-38-35-30)40-18-23-7-5-6-8-27(23)36-40/h5-16,18H,4,17H2,1-3H3,(H,34,35,37,38). The lowest BCUT2D eigenvalue weighted by atomic mass is 9.97. The lowest BCUT2D eigenvalue weighted by molar-refractivity contribution is 0.745. The quantitative estimate of drug-likeness (QED) is 0.292. The van der Waals surface area contributed by atoms with Crippen LogP contribution in [0, 0.1) is 13.8 Å². The Balaban J connectivity index is 1.28. The van der Waals surface area contributed by atoms with Crippen molar-refractivity contribution in [2.45, 2.75) is 33.7 Å². The van der Waals surface area contributed by atoms with Gasteiger partial charge in [0.05, 0.1) is 17.7 Å². The van der Waals surface area contributed by atoms with Crippen LogP contribution in [0.1, 0.15) is 29.6 Å². The molecule has 0 radical (unpaired) electrons. The Labute approximate surface area is 230 Å². The van der Waals surface area contributed by atoms with E-state index in [0.29, 0.717) is 12.4 Å². The molecule has 4 aromatic heterocycles. The van der Waals surface area contributed by atoms with Crippen molar-refractivity contribution in [1.29, 1.82) is 0 Å². The largest absolute Gasteiger partial charge is 0.308 e. The molecular formula is C31H27N9. The van der Waals surface area contributed by atoms with Crippen molar-refractivity contribution in [3.63, 3.8) is 0 Å². The van der Waals surface area contributed by atoms with E-state index in [1.165, 1.54) is 5.56 Å². The third kappa shape index (κ3) is 4.12. The highest BCUT2D eigenvalue weighted by Crippen LogP contribution is 2.33. The van der Waals surface area contributed by atoms with Gasteiger partial charge in [-0.15, -0.1) is 10.2 Å². The van der Waals surface area contributed by atoms with Crippen molar-refractivity contribution in [2.24, 2.45) is 0 Å². The van der Waals surface area contributed by atoms with E-state index in [1.807, 2.05) is 48.1 Å². The summed E-state index contributed by atoms with van der Waals surface area (Å²) in [7, 11) is 0. The van der Waals surface area contributed by atoms with Crippen molar-refractivity contribution >= 4 is 22.1 Å². The Morgan fingerprint density at radius 3 is 2.50 bits per heavy atom. The van der Waals surface area contributed by atoms with Crippen molar-refractivity contribution in [3.05, 3.63) is 102 Å². The highest BCUT2D eigenvalue weighted by molar-refractivity contribution is 5.83. The first-order valence-corrected chi connectivity index (χ1v) is 13.3. The molecule has 0 aliphatic heterocycles. The Hall–Kier alpha value is -5.18. The molecule has 0 amide bonds. The first-order chi connectivity index (χ1) is 19.6. The molecule has 4 heterocycles. The monoisotopic (exact) mass is 525 g/mol. The van der Waals surface area contributed by atoms with Gasteiger partial charge in [-0.2, -0.15) is 10.3 Å². The van der Waals surface area contributed by atoms with Crippen LogP contribution in [-0.2, 0) is 13.0 Å². The first kappa shape index (κ1) is 23.9.